The largest absolute Gasteiger partial charge is 0.497 e. The van der Waals surface area contributed by atoms with Crippen LogP contribution in [0.5, 0.6) is 11.5 Å². The molecule has 4 rings (SSSR count). The third-order valence-corrected chi connectivity index (χ3v) is 5.56. The third-order valence-electron chi connectivity index (χ3n) is 5.56. The lowest BCUT2D eigenvalue weighted by Gasteiger charge is -2.35. The van der Waals surface area contributed by atoms with Gasteiger partial charge in [0.1, 0.15) is 17.1 Å². The van der Waals surface area contributed by atoms with Gasteiger partial charge in [-0.15, -0.1) is 10.2 Å². The molecule has 1 aliphatic heterocycles. The molecular formula is C23H23N5O5. The number of para-hydroxylation sites is 1. The molecule has 0 saturated carbocycles. The van der Waals surface area contributed by atoms with E-state index < -0.39 is 4.92 Å². The maximum absolute atomic E-state index is 12.8. The number of carbonyl (C=O) groups is 1. The van der Waals surface area contributed by atoms with Crippen molar-refractivity contribution in [3.63, 3.8) is 0 Å². The summed E-state index contributed by atoms with van der Waals surface area (Å²) in [4.78, 5) is 27.2. The van der Waals surface area contributed by atoms with Gasteiger partial charge in [-0.05, 0) is 36.4 Å². The van der Waals surface area contributed by atoms with Crippen LogP contribution in [0.3, 0.4) is 0 Å². The van der Waals surface area contributed by atoms with Crippen molar-refractivity contribution < 1.29 is 19.2 Å². The summed E-state index contributed by atoms with van der Waals surface area (Å²) < 4.78 is 10.7. The minimum absolute atomic E-state index is 0.104. The van der Waals surface area contributed by atoms with Crippen LogP contribution in [0.2, 0.25) is 0 Å². The number of hydrogen-bond acceptors (Lipinski definition) is 8. The molecule has 1 fully saturated rings. The average molecular weight is 449 g/mol. The fraction of sp³-hybridized carbons (Fsp3) is 0.261. The molecule has 0 bridgehead atoms. The molecule has 1 saturated heterocycles. The molecule has 2 aromatic carbocycles. The van der Waals surface area contributed by atoms with Crippen molar-refractivity contribution in [1.29, 1.82) is 0 Å². The van der Waals surface area contributed by atoms with Gasteiger partial charge in [-0.25, -0.2) is 0 Å². The maximum Gasteiger partial charge on any atom is 0.282 e. The van der Waals surface area contributed by atoms with Gasteiger partial charge < -0.3 is 19.3 Å². The first-order chi connectivity index (χ1) is 16.0. The Balaban J connectivity index is 1.45. The molecule has 10 nitrogen and oxygen atoms in total. The van der Waals surface area contributed by atoms with E-state index in [-0.39, 0.29) is 17.2 Å². The van der Waals surface area contributed by atoms with Crippen molar-refractivity contribution in [1.82, 2.24) is 15.1 Å². The molecule has 10 heteroatoms. The first kappa shape index (κ1) is 22.0. The number of methoxy groups -OCH3 is 2. The Bertz CT molecular complexity index is 1160. The SMILES string of the molecule is COc1ccc(OC)c(-c2ccc(N3CCN(C(=O)c4ccccc4[N+](=O)[O-])CC3)nn2)c1. The van der Waals surface area contributed by atoms with Crippen molar-refractivity contribution in [2.75, 3.05) is 45.3 Å². The smallest absolute Gasteiger partial charge is 0.282 e. The van der Waals surface area contributed by atoms with Gasteiger partial charge in [0.25, 0.3) is 11.6 Å². The standard InChI is InChI=1S/C23H23N5O5/c1-32-16-7-9-21(33-2)18(15-16)19-8-10-22(25-24-19)26-11-13-27(14-12-26)23(29)17-5-3-4-6-20(17)28(30)31/h3-10,15H,11-14H2,1-2H3. The van der Waals surface area contributed by atoms with Crippen LogP contribution in [0.1, 0.15) is 10.4 Å². The Morgan fingerprint density at radius 2 is 1.73 bits per heavy atom. The Kier molecular flexibility index (Phi) is 6.34. The summed E-state index contributed by atoms with van der Waals surface area (Å²) in [6, 6.07) is 15.2. The predicted molar refractivity (Wildman–Crippen MR) is 122 cm³/mol. The molecule has 0 radical (unpaired) electrons. The van der Waals surface area contributed by atoms with Crippen molar-refractivity contribution in [2.45, 2.75) is 0 Å². The number of nitrogens with zero attached hydrogens (tertiary/aromatic N) is 5. The van der Waals surface area contributed by atoms with Crippen LogP contribution < -0.4 is 14.4 Å². The van der Waals surface area contributed by atoms with Crippen LogP contribution >= 0.6 is 0 Å². The number of piperazine rings is 1. The Hall–Kier alpha value is -4.21. The van der Waals surface area contributed by atoms with E-state index in [2.05, 4.69) is 10.2 Å². The number of nitro benzene ring substituents is 1. The summed E-state index contributed by atoms with van der Waals surface area (Å²) in [5.41, 5.74) is 1.35. The average Bonchev–Trinajstić information content (AvgIpc) is 2.88. The fourth-order valence-electron chi connectivity index (χ4n) is 3.77. The summed E-state index contributed by atoms with van der Waals surface area (Å²) in [5.74, 6) is 1.71. The van der Waals surface area contributed by atoms with Gasteiger partial charge in [-0.3, -0.25) is 14.9 Å². The van der Waals surface area contributed by atoms with Gasteiger partial charge in [0.05, 0.1) is 24.8 Å². The van der Waals surface area contributed by atoms with E-state index in [1.807, 2.05) is 35.2 Å². The Labute approximate surface area is 190 Å². The van der Waals surface area contributed by atoms with Gasteiger partial charge in [0.2, 0.25) is 0 Å². The van der Waals surface area contributed by atoms with Gasteiger partial charge in [0, 0.05) is 37.8 Å². The summed E-state index contributed by atoms with van der Waals surface area (Å²) in [5, 5.41) is 20.0. The molecule has 170 valence electrons. The lowest BCUT2D eigenvalue weighted by molar-refractivity contribution is -0.385. The molecule has 0 spiro atoms. The number of nitro groups is 1. The van der Waals surface area contributed by atoms with E-state index in [1.165, 1.54) is 12.1 Å². The molecule has 0 unspecified atom stereocenters. The third kappa shape index (κ3) is 4.54. The predicted octanol–water partition coefficient (Wildman–Crippen LogP) is 3.03. The molecule has 3 aromatic rings. The lowest BCUT2D eigenvalue weighted by Crippen LogP contribution is -2.49. The first-order valence-corrected chi connectivity index (χ1v) is 10.4. The highest BCUT2D eigenvalue weighted by Crippen LogP contribution is 2.32. The second kappa shape index (κ2) is 9.51. The van der Waals surface area contributed by atoms with E-state index in [1.54, 1.807) is 31.3 Å². The second-order valence-corrected chi connectivity index (χ2v) is 7.40. The van der Waals surface area contributed by atoms with Crippen LogP contribution in [0, 0.1) is 10.1 Å². The van der Waals surface area contributed by atoms with E-state index in [9.17, 15) is 14.9 Å². The van der Waals surface area contributed by atoms with E-state index in [0.29, 0.717) is 49.2 Å². The Morgan fingerprint density at radius 3 is 2.36 bits per heavy atom. The maximum atomic E-state index is 12.8. The number of rotatable bonds is 6. The first-order valence-electron chi connectivity index (χ1n) is 10.4. The van der Waals surface area contributed by atoms with Crippen molar-refractivity contribution in [3.05, 3.63) is 70.3 Å². The lowest BCUT2D eigenvalue weighted by atomic mass is 10.1. The number of amides is 1. The quantitative estimate of drug-likeness (QED) is 0.417. The Morgan fingerprint density at radius 1 is 0.970 bits per heavy atom. The zero-order valence-electron chi connectivity index (χ0n) is 18.3. The number of anilines is 1. The normalized spacial score (nSPS) is 13.5. The van der Waals surface area contributed by atoms with Crippen molar-refractivity contribution >= 4 is 17.4 Å². The molecule has 0 N–H and O–H groups in total. The second-order valence-electron chi connectivity index (χ2n) is 7.40. The molecule has 1 amide bonds. The number of ether oxygens (including phenoxy) is 2. The monoisotopic (exact) mass is 449 g/mol. The summed E-state index contributed by atoms with van der Waals surface area (Å²) in [7, 11) is 3.19. The van der Waals surface area contributed by atoms with Crippen LogP contribution in [-0.4, -0.2) is 66.3 Å². The fourth-order valence-corrected chi connectivity index (χ4v) is 3.77. The molecule has 2 heterocycles. The highest BCUT2D eigenvalue weighted by atomic mass is 16.6. The van der Waals surface area contributed by atoms with Crippen LogP contribution in [0.25, 0.3) is 11.3 Å². The molecule has 1 aliphatic rings. The topological polar surface area (TPSA) is 111 Å². The number of carbonyl (C=O) groups excluding carboxylic acids is 1. The summed E-state index contributed by atoms with van der Waals surface area (Å²) >= 11 is 0. The molecular weight excluding hydrogens is 426 g/mol. The van der Waals surface area contributed by atoms with Crippen molar-refractivity contribution in [2.24, 2.45) is 0 Å². The number of benzene rings is 2. The van der Waals surface area contributed by atoms with Gasteiger partial charge >= 0.3 is 0 Å². The van der Waals surface area contributed by atoms with Gasteiger partial charge in [0.15, 0.2) is 5.82 Å². The molecule has 0 aliphatic carbocycles. The van der Waals surface area contributed by atoms with E-state index in [0.717, 1.165) is 5.56 Å². The van der Waals surface area contributed by atoms with Crippen LogP contribution in [-0.2, 0) is 0 Å². The zero-order chi connectivity index (χ0) is 23.4. The zero-order valence-corrected chi connectivity index (χ0v) is 18.3. The summed E-state index contributed by atoms with van der Waals surface area (Å²) in [6.45, 7) is 1.95. The minimum Gasteiger partial charge on any atom is -0.497 e. The van der Waals surface area contributed by atoms with E-state index >= 15 is 0 Å². The molecule has 0 atom stereocenters. The van der Waals surface area contributed by atoms with Crippen molar-refractivity contribution in [3.8, 4) is 22.8 Å². The van der Waals surface area contributed by atoms with Gasteiger partial charge in [-0.1, -0.05) is 12.1 Å². The van der Waals surface area contributed by atoms with E-state index in [4.69, 9.17) is 9.47 Å². The number of hydrogen-bond donors (Lipinski definition) is 0. The number of aromatic nitrogens is 2. The van der Waals surface area contributed by atoms with Gasteiger partial charge in [-0.2, -0.15) is 0 Å². The molecule has 33 heavy (non-hydrogen) atoms. The highest BCUT2D eigenvalue weighted by Gasteiger charge is 2.27. The molecule has 1 aromatic heterocycles. The van der Waals surface area contributed by atoms with Crippen LogP contribution in [0.4, 0.5) is 11.5 Å². The van der Waals surface area contributed by atoms with Crippen LogP contribution in [0.15, 0.2) is 54.6 Å². The summed E-state index contributed by atoms with van der Waals surface area (Å²) in [6.07, 6.45) is 0. The highest BCUT2D eigenvalue weighted by molar-refractivity contribution is 5.98. The minimum atomic E-state index is -0.530.